The lowest BCUT2D eigenvalue weighted by molar-refractivity contribution is -0.295. The van der Waals surface area contributed by atoms with Crippen LogP contribution >= 0.6 is 0 Å². The number of aliphatic hydroxyl groups is 7. The van der Waals surface area contributed by atoms with E-state index in [1.165, 1.54) is 5.57 Å². The van der Waals surface area contributed by atoms with Gasteiger partial charge in [-0.15, -0.1) is 0 Å². The Morgan fingerprint density at radius 2 is 1.50 bits per heavy atom. The van der Waals surface area contributed by atoms with Crippen molar-refractivity contribution >= 4 is 5.97 Å². The fraction of sp³-hybridized carbons (Fsp3) is 0.917. The van der Waals surface area contributed by atoms with E-state index in [0.29, 0.717) is 19.3 Å². The molecule has 5 aliphatic carbocycles. The predicted molar refractivity (Wildman–Crippen MR) is 168 cm³/mol. The van der Waals surface area contributed by atoms with Crippen molar-refractivity contribution in [1.82, 2.24) is 0 Å². The van der Waals surface area contributed by atoms with Crippen molar-refractivity contribution in [2.75, 3.05) is 13.2 Å². The quantitative estimate of drug-likeness (QED) is 0.177. The Morgan fingerprint density at radius 3 is 2.15 bits per heavy atom. The molecule has 5 fully saturated rings. The summed E-state index contributed by atoms with van der Waals surface area (Å²) in [5, 5.41) is 73.8. The zero-order chi connectivity index (χ0) is 33.8. The zero-order valence-corrected chi connectivity index (χ0v) is 28.5. The monoisotopic (exact) mass is 650 g/mol. The molecule has 6 aliphatic rings. The molecule has 4 saturated carbocycles. The molecule has 7 N–H and O–H groups in total. The number of aliphatic hydroxyl groups excluding tert-OH is 7. The maximum atomic E-state index is 14.4. The van der Waals surface area contributed by atoms with Crippen molar-refractivity contribution in [3.63, 3.8) is 0 Å². The lowest BCUT2D eigenvalue weighted by Gasteiger charge is -2.71. The van der Waals surface area contributed by atoms with E-state index >= 15 is 0 Å². The summed E-state index contributed by atoms with van der Waals surface area (Å²) in [7, 11) is 0. The third kappa shape index (κ3) is 4.60. The van der Waals surface area contributed by atoms with Crippen molar-refractivity contribution in [2.45, 2.75) is 149 Å². The molecule has 0 aromatic rings. The maximum absolute atomic E-state index is 14.4. The van der Waals surface area contributed by atoms with Gasteiger partial charge in [0.2, 0.25) is 6.29 Å². The highest BCUT2D eigenvalue weighted by molar-refractivity contribution is 5.82. The molecule has 14 atom stereocenters. The van der Waals surface area contributed by atoms with Crippen LogP contribution in [0.25, 0.3) is 0 Å². The standard InChI is InChI=1S/C36H58O10/c1-31(2)11-13-36(30(44)46-29-27(42)26(41)25(40)22(17-37)45-29)14-12-34(5)19(20(36)15-31)7-8-24-32(3)16-21(39)28(43)33(4,18-38)23(32)9-10-35(24,34)6/h21-29,37-43H,7-18H2,1-6H3/t21-,22-,23-,24-,25-,26+,27-,28+,29+,32+,33+,34-,35-,36+/m1/s1. The smallest absolute Gasteiger partial charge is 0.318 e. The van der Waals surface area contributed by atoms with E-state index in [-0.39, 0.29) is 40.1 Å². The van der Waals surface area contributed by atoms with Gasteiger partial charge in [-0.05, 0) is 97.7 Å². The molecule has 0 bridgehead atoms. The van der Waals surface area contributed by atoms with Crippen LogP contribution < -0.4 is 0 Å². The topological polar surface area (TPSA) is 177 Å². The second kappa shape index (κ2) is 11.2. The molecule has 10 nitrogen and oxygen atoms in total. The van der Waals surface area contributed by atoms with Gasteiger partial charge in [-0.1, -0.05) is 52.7 Å². The fourth-order valence-electron chi connectivity index (χ4n) is 12.1. The van der Waals surface area contributed by atoms with Gasteiger partial charge in [0, 0.05) is 5.41 Å². The number of ether oxygens (including phenoxy) is 2. The number of hydrogen-bond acceptors (Lipinski definition) is 10. The van der Waals surface area contributed by atoms with Crippen molar-refractivity contribution in [3.05, 3.63) is 11.1 Å². The van der Waals surface area contributed by atoms with Gasteiger partial charge in [0.25, 0.3) is 0 Å². The molecule has 6 rings (SSSR count). The Hall–Kier alpha value is -1.11. The van der Waals surface area contributed by atoms with Gasteiger partial charge in [0.05, 0.1) is 30.8 Å². The molecule has 0 spiro atoms. The second-order valence-electron chi connectivity index (χ2n) is 17.8. The summed E-state index contributed by atoms with van der Waals surface area (Å²) < 4.78 is 11.5. The molecular weight excluding hydrogens is 592 g/mol. The van der Waals surface area contributed by atoms with Gasteiger partial charge in [-0.25, -0.2) is 0 Å². The first kappa shape index (κ1) is 34.7. The lowest BCUT2D eigenvalue weighted by Crippen LogP contribution is -2.68. The second-order valence-corrected chi connectivity index (χ2v) is 17.8. The molecule has 1 heterocycles. The molecule has 0 radical (unpaired) electrons. The third-order valence-corrected chi connectivity index (χ3v) is 15.1. The van der Waals surface area contributed by atoms with E-state index in [4.69, 9.17) is 9.47 Å². The minimum absolute atomic E-state index is 0.0263. The molecule has 0 aromatic heterocycles. The number of esters is 1. The summed E-state index contributed by atoms with van der Waals surface area (Å²) in [6.07, 6.45) is -1.86. The maximum Gasteiger partial charge on any atom is 0.318 e. The first-order chi connectivity index (χ1) is 21.3. The first-order valence-corrected chi connectivity index (χ1v) is 17.6. The number of rotatable bonds is 4. The molecule has 0 aromatic carbocycles. The molecule has 46 heavy (non-hydrogen) atoms. The molecule has 0 amide bonds. The van der Waals surface area contributed by atoms with Crippen molar-refractivity contribution < 1.29 is 50.0 Å². The van der Waals surface area contributed by atoms with Gasteiger partial charge in [-0.2, -0.15) is 0 Å². The normalized spacial score (nSPS) is 53.4. The largest absolute Gasteiger partial charge is 0.432 e. The number of fused-ring (bicyclic) bond motifs is 6. The van der Waals surface area contributed by atoms with E-state index in [2.05, 4.69) is 34.6 Å². The number of carbonyl (C=O) groups excluding carboxylic acids is 1. The molecule has 262 valence electrons. The van der Waals surface area contributed by atoms with Gasteiger partial charge in [0.15, 0.2) is 0 Å². The summed E-state index contributed by atoms with van der Waals surface area (Å²) in [4.78, 5) is 14.4. The zero-order valence-electron chi connectivity index (χ0n) is 28.5. The van der Waals surface area contributed by atoms with Gasteiger partial charge in [0.1, 0.15) is 24.4 Å². The summed E-state index contributed by atoms with van der Waals surface area (Å²) in [5.41, 5.74) is 0.150. The van der Waals surface area contributed by atoms with Gasteiger partial charge >= 0.3 is 5.97 Å². The summed E-state index contributed by atoms with van der Waals surface area (Å²) in [6, 6.07) is 0. The molecular formula is C36H58O10. The van der Waals surface area contributed by atoms with E-state index in [9.17, 15) is 40.5 Å². The number of carbonyl (C=O) groups is 1. The first-order valence-electron chi connectivity index (χ1n) is 17.6. The summed E-state index contributed by atoms with van der Waals surface area (Å²) in [5.74, 6) is -0.154. The Bertz CT molecular complexity index is 1250. The number of hydrogen-bond donors (Lipinski definition) is 7. The molecule has 0 unspecified atom stereocenters. The van der Waals surface area contributed by atoms with Crippen LogP contribution in [0, 0.1) is 44.3 Å². The van der Waals surface area contributed by atoms with Crippen LogP contribution in [-0.2, 0) is 14.3 Å². The fourth-order valence-corrected chi connectivity index (χ4v) is 12.1. The lowest BCUT2D eigenvalue weighted by atomic mass is 9.33. The summed E-state index contributed by atoms with van der Waals surface area (Å²) >= 11 is 0. The third-order valence-electron chi connectivity index (χ3n) is 15.1. The van der Waals surface area contributed by atoms with Gasteiger partial charge < -0.3 is 45.2 Å². The van der Waals surface area contributed by atoms with E-state index in [0.717, 1.165) is 50.5 Å². The van der Waals surface area contributed by atoms with Crippen LogP contribution in [0.15, 0.2) is 11.1 Å². The highest BCUT2D eigenvalue weighted by atomic mass is 16.7. The molecule has 1 aliphatic heterocycles. The van der Waals surface area contributed by atoms with E-state index in [1.54, 1.807) is 0 Å². The van der Waals surface area contributed by atoms with Crippen LogP contribution in [0.4, 0.5) is 0 Å². The Morgan fingerprint density at radius 1 is 0.826 bits per heavy atom. The van der Waals surface area contributed by atoms with Crippen LogP contribution in [0.3, 0.4) is 0 Å². The minimum Gasteiger partial charge on any atom is -0.432 e. The van der Waals surface area contributed by atoms with Crippen molar-refractivity contribution in [1.29, 1.82) is 0 Å². The molecule has 1 saturated heterocycles. The van der Waals surface area contributed by atoms with Gasteiger partial charge in [-0.3, -0.25) is 4.79 Å². The van der Waals surface area contributed by atoms with Crippen LogP contribution in [-0.4, -0.2) is 97.8 Å². The SMILES string of the molecule is CC1(C)CC[C@]2(C(=O)O[C@@H]3O[C@H](CO)[C@@H](O)[C@H](O)[C@H]3O)CC[C@]3(C)C(=C2C1)CC[C@@H]1[C@@]2(C)C[C@@H](O)[C@H](O)[C@@](C)(CO)[C@@H]2CC[C@]13C. The average molecular weight is 651 g/mol. The van der Waals surface area contributed by atoms with Crippen LogP contribution in [0.5, 0.6) is 0 Å². The van der Waals surface area contributed by atoms with Crippen molar-refractivity contribution in [3.8, 4) is 0 Å². The van der Waals surface area contributed by atoms with E-state index < -0.39 is 66.3 Å². The van der Waals surface area contributed by atoms with Crippen molar-refractivity contribution in [2.24, 2.45) is 44.3 Å². The Balaban J connectivity index is 1.38. The molecule has 10 heteroatoms. The highest BCUT2D eigenvalue weighted by Crippen LogP contribution is 2.75. The van der Waals surface area contributed by atoms with Crippen LogP contribution in [0.2, 0.25) is 0 Å². The Kier molecular flexibility index (Phi) is 8.46. The van der Waals surface area contributed by atoms with E-state index in [1.807, 2.05) is 6.92 Å². The van der Waals surface area contributed by atoms with Crippen LogP contribution in [0.1, 0.15) is 106 Å². The highest BCUT2D eigenvalue weighted by Gasteiger charge is 2.70. The predicted octanol–water partition coefficient (Wildman–Crippen LogP) is 2.58. The average Bonchev–Trinajstić information content (AvgIpc) is 3.00. The Labute approximate surface area is 273 Å². The summed E-state index contributed by atoms with van der Waals surface area (Å²) in [6.45, 7) is 12.7. The number of allylic oxidation sites excluding steroid dienone is 1. The minimum atomic E-state index is -1.65.